The van der Waals surface area contributed by atoms with Crippen molar-refractivity contribution in [3.8, 4) is 5.88 Å². The molecule has 2 heterocycles. The zero-order valence-electron chi connectivity index (χ0n) is 9.00. The molecule has 1 aromatic heterocycles. The predicted molar refractivity (Wildman–Crippen MR) is 63.3 cm³/mol. The third kappa shape index (κ3) is 2.72. The Kier molecular flexibility index (Phi) is 3.43. The van der Waals surface area contributed by atoms with E-state index in [9.17, 15) is 4.79 Å². The summed E-state index contributed by atoms with van der Waals surface area (Å²) in [7, 11) is 0. The molecule has 1 amide bonds. The Labute approximate surface area is 103 Å². The maximum Gasteiger partial charge on any atom is 0.220 e. The third-order valence-electron chi connectivity index (χ3n) is 2.51. The van der Waals surface area contributed by atoms with Gasteiger partial charge in [-0.15, -0.1) is 0 Å². The number of carbonyl (C=O) groups excluding carboxylic acids is 1. The normalized spacial score (nSPS) is 19.6. The second-order valence-electron chi connectivity index (χ2n) is 3.83. The summed E-state index contributed by atoms with van der Waals surface area (Å²) in [6.07, 6.45) is 1.44. The van der Waals surface area contributed by atoms with Gasteiger partial charge in [0.25, 0.3) is 0 Å². The number of amides is 1. The summed E-state index contributed by atoms with van der Waals surface area (Å²) in [5.74, 6) is 0.704. The number of pyridine rings is 1. The van der Waals surface area contributed by atoms with E-state index in [1.54, 1.807) is 0 Å². The van der Waals surface area contributed by atoms with Gasteiger partial charge in [-0.2, -0.15) is 0 Å². The number of halogens is 1. The van der Waals surface area contributed by atoms with Crippen LogP contribution >= 0.6 is 15.9 Å². The maximum atomic E-state index is 11.0. The highest BCUT2D eigenvalue weighted by Gasteiger charge is 2.21. The molecule has 0 unspecified atom stereocenters. The molecule has 1 saturated heterocycles. The Bertz CT molecular complexity index is 409. The SMILES string of the molecule is Cc1nc(OC[C@H]2CCC(=O)N2)ccc1Br. The second kappa shape index (κ2) is 4.82. The summed E-state index contributed by atoms with van der Waals surface area (Å²) in [4.78, 5) is 15.2. The van der Waals surface area contributed by atoms with Crippen LogP contribution in [-0.4, -0.2) is 23.5 Å². The Morgan fingerprint density at radius 3 is 3.06 bits per heavy atom. The van der Waals surface area contributed by atoms with Gasteiger partial charge >= 0.3 is 0 Å². The van der Waals surface area contributed by atoms with E-state index in [-0.39, 0.29) is 11.9 Å². The number of carbonyl (C=O) groups is 1. The van der Waals surface area contributed by atoms with Crippen molar-refractivity contribution in [2.75, 3.05) is 6.61 Å². The molecule has 2 rings (SSSR count). The van der Waals surface area contributed by atoms with Gasteiger partial charge in [0.1, 0.15) is 6.61 Å². The minimum atomic E-state index is 0.105. The monoisotopic (exact) mass is 284 g/mol. The molecule has 16 heavy (non-hydrogen) atoms. The van der Waals surface area contributed by atoms with E-state index in [1.807, 2.05) is 19.1 Å². The van der Waals surface area contributed by atoms with E-state index < -0.39 is 0 Å². The van der Waals surface area contributed by atoms with E-state index in [2.05, 4.69) is 26.2 Å². The molecule has 0 radical (unpaired) electrons. The highest BCUT2D eigenvalue weighted by atomic mass is 79.9. The average Bonchev–Trinajstić information content (AvgIpc) is 2.66. The third-order valence-corrected chi connectivity index (χ3v) is 3.35. The second-order valence-corrected chi connectivity index (χ2v) is 4.69. The van der Waals surface area contributed by atoms with Gasteiger partial charge in [0.2, 0.25) is 11.8 Å². The Morgan fingerprint density at radius 1 is 1.62 bits per heavy atom. The molecule has 5 heteroatoms. The van der Waals surface area contributed by atoms with Crippen LogP contribution in [-0.2, 0) is 4.79 Å². The fourth-order valence-electron chi connectivity index (χ4n) is 1.59. The largest absolute Gasteiger partial charge is 0.475 e. The summed E-state index contributed by atoms with van der Waals surface area (Å²) in [5.41, 5.74) is 0.896. The number of nitrogens with one attached hydrogen (secondary N) is 1. The van der Waals surface area contributed by atoms with Crippen LogP contribution in [0.2, 0.25) is 0 Å². The molecule has 1 aliphatic rings. The molecule has 1 atom stereocenters. The Balaban J connectivity index is 1.89. The summed E-state index contributed by atoms with van der Waals surface area (Å²) < 4.78 is 6.49. The molecule has 1 aliphatic heterocycles. The number of nitrogens with zero attached hydrogens (tertiary/aromatic N) is 1. The average molecular weight is 285 g/mol. The molecule has 1 N–H and O–H groups in total. The highest BCUT2D eigenvalue weighted by molar-refractivity contribution is 9.10. The number of hydrogen-bond donors (Lipinski definition) is 1. The molecule has 0 aromatic carbocycles. The molecule has 0 aliphatic carbocycles. The number of aryl methyl sites for hydroxylation is 1. The van der Waals surface area contributed by atoms with Crippen molar-refractivity contribution in [1.82, 2.24) is 10.3 Å². The molecule has 0 spiro atoms. The van der Waals surface area contributed by atoms with E-state index >= 15 is 0 Å². The molecular weight excluding hydrogens is 272 g/mol. The first-order valence-electron chi connectivity index (χ1n) is 5.20. The lowest BCUT2D eigenvalue weighted by Crippen LogP contribution is -2.31. The van der Waals surface area contributed by atoms with E-state index in [1.165, 1.54) is 0 Å². The predicted octanol–water partition coefficient (Wildman–Crippen LogP) is 1.81. The smallest absolute Gasteiger partial charge is 0.220 e. The van der Waals surface area contributed by atoms with Crippen molar-refractivity contribution in [3.63, 3.8) is 0 Å². The summed E-state index contributed by atoms with van der Waals surface area (Å²) >= 11 is 3.38. The van der Waals surface area contributed by atoms with Crippen molar-refractivity contribution in [2.24, 2.45) is 0 Å². The molecule has 1 fully saturated rings. The number of rotatable bonds is 3. The molecule has 0 bridgehead atoms. The van der Waals surface area contributed by atoms with Crippen molar-refractivity contribution < 1.29 is 9.53 Å². The van der Waals surface area contributed by atoms with Gasteiger partial charge in [-0.1, -0.05) is 0 Å². The van der Waals surface area contributed by atoms with Crippen molar-refractivity contribution in [1.29, 1.82) is 0 Å². The van der Waals surface area contributed by atoms with Gasteiger partial charge < -0.3 is 10.1 Å². The first kappa shape index (κ1) is 11.4. The van der Waals surface area contributed by atoms with Gasteiger partial charge in [0.05, 0.1) is 11.7 Å². The lowest BCUT2D eigenvalue weighted by molar-refractivity contribution is -0.119. The van der Waals surface area contributed by atoms with Gasteiger partial charge in [-0.3, -0.25) is 4.79 Å². The molecule has 1 aromatic rings. The van der Waals surface area contributed by atoms with E-state index in [0.717, 1.165) is 16.6 Å². The van der Waals surface area contributed by atoms with Crippen LogP contribution < -0.4 is 10.1 Å². The zero-order valence-corrected chi connectivity index (χ0v) is 10.6. The molecule has 4 nitrogen and oxygen atoms in total. The van der Waals surface area contributed by atoms with Crippen LogP contribution in [0.1, 0.15) is 18.5 Å². The first-order valence-corrected chi connectivity index (χ1v) is 6.00. The molecular formula is C11H13BrN2O2. The molecule has 0 saturated carbocycles. The number of aromatic nitrogens is 1. The van der Waals surface area contributed by atoms with Crippen LogP contribution in [0.25, 0.3) is 0 Å². The first-order chi connectivity index (χ1) is 7.65. The number of hydrogen-bond acceptors (Lipinski definition) is 3. The van der Waals surface area contributed by atoms with Crippen LogP contribution in [0.4, 0.5) is 0 Å². The van der Waals surface area contributed by atoms with Gasteiger partial charge in [0.15, 0.2) is 0 Å². The van der Waals surface area contributed by atoms with Gasteiger partial charge in [0, 0.05) is 17.0 Å². The maximum absolute atomic E-state index is 11.0. The van der Waals surface area contributed by atoms with Crippen LogP contribution in [0.15, 0.2) is 16.6 Å². The van der Waals surface area contributed by atoms with Gasteiger partial charge in [-0.05, 0) is 35.3 Å². The lowest BCUT2D eigenvalue weighted by Gasteiger charge is -2.11. The minimum Gasteiger partial charge on any atom is -0.475 e. The summed E-state index contributed by atoms with van der Waals surface area (Å²) in [6.45, 7) is 2.40. The van der Waals surface area contributed by atoms with E-state index in [0.29, 0.717) is 18.9 Å². The highest BCUT2D eigenvalue weighted by Crippen LogP contribution is 2.18. The van der Waals surface area contributed by atoms with Crippen molar-refractivity contribution in [3.05, 3.63) is 22.3 Å². The summed E-state index contributed by atoms with van der Waals surface area (Å²) in [6, 6.07) is 3.84. The zero-order chi connectivity index (χ0) is 11.5. The summed E-state index contributed by atoms with van der Waals surface area (Å²) in [5, 5.41) is 2.85. The van der Waals surface area contributed by atoms with E-state index in [4.69, 9.17) is 4.74 Å². The lowest BCUT2D eigenvalue weighted by atomic mass is 10.2. The standard InChI is InChI=1S/C11H13BrN2O2/c1-7-9(12)3-5-11(13-7)16-6-8-2-4-10(15)14-8/h3,5,8H,2,4,6H2,1H3,(H,14,15)/t8-/m1/s1. The topological polar surface area (TPSA) is 51.2 Å². The number of ether oxygens (including phenoxy) is 1. The van der Waals surface area contributed by atoms with Crippen LogP contribution in [0, 0.1) is 6.92 Å². The van der Waals surface area contributed by atoms with Crippen molar-refractivity contribution >= 4 is 21.8 Å². The van der Waals surface area contributed by atoms with Crippen LogP contribution in [0.5, 0.6) is 5.88 Å². The van der Waals surface area contributed by atoms with Crippen molar-refractivity contribution in [2.45, 2.75) is 25.8 Å². The fraction of sp³-hybridized carbons (Fsp3) is 0.455. The van der Waals surface area contributed by atoms with Crippen LogP contribution in [0.3, 0.4) is 0 Å². The van der Waals surface area contributed by atoms with Gasteiger partial charge in [-0.25, -0.2) is 4.98 Å². The fourth-order valence-corrected chi connectivity index (χ4v) is 1.81. The molecule has 86 valence electrons. The minimum absolute atomic E-state index is 0.105. The Hall–Kier alpha value is -1.10. The quantitative estimate of drug-likeness (QED) is 0.921. The Morgan fingerprint density at radius 2 is 2.44 bits per heavy atom.